The lowest BCUT2D eigenvalue weighted by atomic mass is 10.1. The number of ether oxygens (including phenoxy) is 1. The number of hydrogen-bond acceptors (Lipinski definition) is 3. The van der Waals surface area contributed by atoms with Crippen LogP contribution in [-0.2, 0) is 16.0 Å². The fourth-order valence-electron chi connectivity index (χ4n) is 2.82. The van der Waals surface area contributed by atoms with Crippen LogP contribution in [0, 0.1) is 6.92 Å². The minimum atomic E-state index is 0.230. The predicted octanol–water partition coefficient (Wildman–Crippen LogP) is 2.24. The zero-order valence-corrected chi connectivity index (χ0v) is 13.4. The number of hydrogen-bond donors (Lipinski definition) is 0. The zero-order chi connectivity index (χ0) is 15.2. The molecule has 0 aromatic heterocycles. The monoisotopic (exact) mass is 290 g/mol. The molecule has 1 aromatic carbocycles. The first-order valence-corrected chi connectivity index (χ1v) is 7.94. The maximum atomic E-state index is 12.1. The summed E-state index contributed by atoms with van der Waals surface area (Å²) in [6, 6.07) is 6.29. The number of anilines is 1. The van der Waals surface area contributed by atoms with Crippen molar-refractivity contribution in [3.05, 3.63) is 29.3 Å². The van der Waals surface area contributed by atoms with Gasteiger partial charge in [0.2, 0.25) is 5.91 Å². The molecule has 0 saturated carbocycles. The van der Waals surface area contributed by atoms with Gasteiger partial charge in [-0.25, -0.2) is 0 Å². The van der Waals surface area contributed by atoms with Crippen LogP contribution >= 0.6 is 0 Å². The maximum Gasteiger partial charge on any atom is 0.231 e. The van der Waals surface area contributed by atoms with Crippen LogP contribution < -0.4 is 4.90 Å². The quantitative estimate of drug-likeness (QED) is 0.856. The van der Waals surface area contributed by atoms with E-state index in [1.54, 1.807) is 0 Å². The first kappa shape index (κ1) is 16.0. The van der Waals surface area contributed by atoms with E-state index in [2.05, 4.69) is 30.0 Å². The zero-order valence-electron chi connectivity index (χ0n) is 13.4. The van der Waals surface area contributed by atoms with Gasteiger partial charge in [-0.1, -0.05) is 31.5 Å². The van der Waals surface area contributed by atoms with Gasteiger partial charge in [0.1, 0.15) is 0 Å². The third-order valence-electron chi connectivity index (χ3n) is 3.91. The molecule has 4 nitrogen and oxygen atoms in total. The van der Waals surface area contributed by atoms with E-state index < -0.39 is 0 Å². The normalized spacial score (nSPS) is 18.2. The third-order valence-corrected chi connectivity index (χ3v) is 3.91. The van der Waals surface area contributed by atoms with E-state index in [9.17, 15) is 4.79 Å². The highest BCUT2D eigenvalue weighted by Crippen LogP contribution is 2.29. The Morgan fingerprint density at radius 3 is 2.57 bits per heavy atom. The van der Waals surface area contributed by atoms with Gasteiger partial charge in [-0.05, 0) is 18.6 Å². The SMILES string of the molecule is CC.Cc1ccc2c(c1)CC(=O)N2CCN1CCOCC1. The van der Waals surface area contributed by atoms with Crippen LogP contribution in [0.1, 0.15) is 25.0 Å². The van der Waals surface area contributed by atoms with Gasteiger partial charge in [0, 0.05) is 31.9 Å². The maximum absolute atomic E-state index is 12.1. The Bertz CT molecular complexity index is 482. The first-order valence-electron chi connectivity index (χ1n) is 7.94. The van der Waals surface area contributed by atoms with Crippen LogP contribution in [-0.4, -0.2) is 50.2 Å². The number of morpholine rings is 1. The van der Waals surface area contributed by atoms with Gasteiger partial charge < -0.3 is 9.64 Å². The summed E-state index contributed by atoms with van der Waals surface area (Å²) in [6.07, 6.45) is 0.556. The van der Waals surface area contributed by atoms with Crippen molar-refractivity contribution in [1.82, 2.24) is 4.90 Å². The summed E-state index contributed by atoms with van der Waals surface area (Å²) in [5.74, 6) is 0.230. The predicted molar refractivity (Wildman–Crippen MR) is 85.8 cm³/mol. The summed E-state index contributed by atoms with van der Waals surface area (Å²) in [5, 5.41) is 0. The van der Waals surface area contributed by atoms with Crippen molar-refractivity contribution in [2.75, 3.05) is 44.3 Å². The molecule has 116 valence electrons. The third kappa shape index (κ3) is 3.83. The summed E-state index contributed by atoms with van der Waals surface area (Å²) < 4.78 is 5.34. The Hall–Kier alpha value is -1.39. The highest BCUT2D eigenvalue weighted by molar-refractivity contribution is 6.01. The van der Waals surface area contributed by atoms with E-state index in [4.69, 9.17) is 4.74 Å². The lowest BCUT2D eigenvalue weighted by molar-refractivity contribution is -0.117. The molecular weight excluding hydrogens is 264 g/mol. The molecule has 0 atom stereocenters. The van der Waals surface area contributed by atoms with Crippen LogP contribution in [0.3, 0.4) is 0 Å². The summed E-state index contributed by atoms with van der Waals surface area (Å²) in [7, 11) is 0. The highest BCUT2D eigenvalue weighted by Gasteiger charge is 2.27. The Morgan fingerprint density at radius 1 is 1.14 bits per heavy atom. The molecule has 4 heteroatoms. The van der Waals surface area contributed by atoms with Crippen molar-refractivity contribution >= 4 is 11.6 Å². The molecule has 0 spiro atoms. The lowest BCUT2D eigenvalue weighted by Gasteiger charge is -2.28. The van der Waals surface area contributed by atoms with Gasteiger partial charge >= 0.3 is 0 Å². The van der Waals surface area contributed by atoms with Crippen molar-refractivity contribution in [1.29, 1.82) is 0 Å². The number of carbonyl (C=O) groups is 1. The fraction of sp³-hybridized carbons (Fsp3) is 0.588. The molecule has 0 radical (unpaired) electrons. The second-order valence-electron chi connectivity index (χ2n) is 5.31. The number of fused-ring (bicyclic) bond motifs is 1. The number of aryl methyl sites for hydroxylation is 1. The highest BCUT2D eigenvalue weighted by atomic mass is 16.5. The van der Waals surface area contributed by atoms with Crippen LogP contribution in [0.2, 0.25) is 0 Å². The van der Waals surface area contributed by atoms with Gasteiger partial charge in [-0.2, -0.15) is 0 Å². The molecule has 21 heavy (non-hydrogen) atoms. The second kappa shape index (κ2) is 7.57. The van der Waals surface area contributed by atoms with E-state index in [0.29, 0.717) is 6.42 Å². The van der Waals surface area contributed by atoms with Crippen LogP contribution in [0.15, 0.2) is 18.2 Å². The number of rotatable bonds is 3. The van der Waals surface area contributed by atoms with Crippen LogP contribution in [0.25, 0.3) is 0 Å². The molecule has 1 aromatic rings. The molecule has 0 aliphatic carbocycles. The summed E-state index contributed by atoms with van der Waals surface area (Å²) in [5.41, 5.74) is 3.50. The molecule has 1 saturated heterocycles. The minimum Gasteiger partial charge on any atom is -0.379 e. The Morgan fingerprint density at radius 2 is 1.86 bits per heavy atom. The number of amides is 1. The smallest absolute Gasteiger partial charge is 0.231 e. The minimum absolute atomic E-state index is 0.230. The average Bonchev–Trinajstić information content (AvgIpc) is 2.82. The molecule has 0 N–H and O–H groups in total. The number of carbonyl (C=O) groups excluding carboxylic acids is 1. The summed E-state index contributed by atoms with van der Waals surface area (Å²) in [4.78, 5) is 16.4. The molecule has 2 aliphatic rings. The topological polar surface area (TPSA) is 32.8 Å². The van der Waals surface area contributed by atoms with Gasteiger partial charge in [0.15, 0.2) is 0 Å². The van der Waals surface area contributed by atoms with E-state index >= 15 is 0 Å². The molecule has 0 unspecified atom stereocenters. The van der Waals surface area contributed by atoms with E-state index in [1.165, 1.54) is 11.1 Å². The molecule has 0 bridgehead atoms. The van der Waals surface area contributed by atoms with E-state index in [0.717, 1.165) is 45.1 Å². The number of benzene rings is 1. The van der Waals surface area contributed by atoms with Gasteiger partial charge in [0.25, 0.3) is 0 Å². The van der Waals surface area contributed by atoms with Gasteiger partial charge in [0.05, 0.1) is 19.6 Å². The van der Waals surface area contributed by atoms with Crippen molar-refractivity contribution in [2.24, 2.45) is 0 Å². The van der Waals surface area contributed by atoms with Crippen LogP contribution in [0.4, 0.5) is 5.69 Å². The number of nitrogens with zero attached hydrogens (tertiary/aromatic N) is 2. The summed E-state index contributed by atoms with van der Waals surface area (Å²) in [6.45, 7) is 11.4. The molecule has 2 aliphatic heterocycles. The fourth-order valence-corrected chi connectivity index (χ4v) is 2.82. The van der Waals surface area contributed by atoms with Crippen LogP contribution in [0.5, 0.6) is 0 Å². The van der Waals surface area contributed by atoms with Gasteiger partial charge in [-0.3, -0.25) is 9.69 Å². The molecular formula is C17H26N2O2. The van der Waals surface area contributed by atoms with Crippen molar-refractivity contribution in [2.45, 2.75) is 27.2 Å². The van der Waals surface area contributed by atoms with Crippen molar-refractivity contribution in [3.8, 4) is 0 Å². The Labute approximate surface area is 127 Å². The molecule has 3 rings (SSSR count). The summed E-state index contributed by atoms with van der Waals surface area (Å²) >= 11 is 0. The standard InChI is InChI=1S/C15H20N2O2.C2H6/c1-12-2-3-14-13(10-12)11-15(18)17(14)5-4-16-6-8-19-9-7-16;1-2/h2-3,10H,4-9,11H2,1H3;1-2H3. The molecule has 1 amide bonds. The Kier molecular flexibility index (Phi) is 5.76. The van der Waals surface area contributed by atoms with Crippen molar-refractivity contribution in [3.63, 3.8) is 0 Å². The largest absolute Gasteiger partial charge is 0.379 e. The van der Waals surface area contributed by atoms with Gasteiger partial charge in [-0.15, -0.1) is 0 Å². The van der Waals surface area contributed by atoms with E-state index in [1.807, 2.05) is 18.7 Å². The lowest BCUT2D eigenvalue weighted by Crippen LogP contribution is -2.42. The average molecular weight is 290 g/mol. The van der Waals surface area contributed by atoms with Crippen molar-refractivity contribution < 1.29 is 9.53 Å². The second-order valence-corrected chi connectivity index (χ2v) is 5.31. The van der Waals surface area contributed by atoms with E-state index in [-0.39, 0.29) is 5.91 Å². The molecule has 2 heterocycles. The Balaban J connectivity index is 0.000000774. The first-order chi connectivity index (χ1) is 10.2. The molecule has 1 fully saturated rings.